The molecule has 100 valence electrons. The highest BCUT2D eigenvalue weighted by molar-refractivity contribution is 5.87. The molecule has 5 heteroatoms. The molecule has 1 rings (SSSR count). The summed E-state index contributed by atoms with van der Waals surface area (Å²) in [5.41, 5.74) is -1.32. The van der Waals surface area contributed by atoms with Crippen molar-refractivity contribution in [2.75, 3.05) is 6.54 Å². The molecule has 1 N–H and O–H groups in total. The largest absolute Gasteiger partial charge is 0.472 e. The Morgan fingerprint density at radius 3 is 2.50 bits per heavy atom. The van der Waals surface area contributed by atoms with Gasteiger partial charge in [0.2, 0.25) is 0 Å². The molecular formula is C13H19NO4. The first-order valence-electron chi connectivity index (χ1n) is 5.91. The predicted octanol–water partition coefficient (Wildman–Crippen LogP) is 1.86. The van der Waals surface area contributed by atoms with Gasteiger partial charge in [0, 0.05) is 12.5 Å². The fourth-order valence-corrected chi connectivity index (χ4v) is 1.89. The lowest BCUT2D eigenvalue weighted by molar-refractivity contribution is -0.130. The molecule has 1 fully saturated rings. The van der Waals surface area contributed by atoms with E-state index in [9.17, 15) is 9.59 Å². The number of hydrogen-bond donors (Lipinski definition) is 1. The number of hydrogen-bond acceptors (Lipinski definition) is 3. The number of carbonyl (C=O) groups is 2. The predicted molar refractivity (Wildman–Crippen MR) is 66.0 cm³/mol. The Hall–Kier alpha value is -1.70. The monoisotopic (exact) mass is 253 g/mol. The summed E-state index contributed by atoms with van der Waals surface area (Å²) in [4.78, 5) is 24.0. The molecule has 18 heavy (non-hydrogen) atoms. The van der Waals surface area contributed by atoms with Gasteiger partial charge in [-0.05, 0) is 40.5 Å². The molecule has 1 atom stereocenters. The van der Waals surface area contributed by atoms with Gasteiger partial charge >= 0.3 is 12.1 Å². The molecule has 1 unspecified atom stereocenters. The van der Waals surface area contributed by atoms with Crippen LogP contribution in [0.3, 0.4) is 0 Å². The van der Waals surface area contributed by atoms with Crippen molar-refractivity contribution in [1.29, 1.82) is 0 Å². The van der Waals surface area contributed by atoms with Crippen molar-refractivity contribution in [1.82, 2.24) is 4.90 Å². The van der Waals surface area contributed by atoms with Gasteiger partial charge in [0.05, 0.1) is 0 Å². The minimum Gasteiger partial charge on any atom is -0.472 e. The minimum atomic E-state index is -1.19. The number of likely N-dealkylation sites (tertiary alicyclic amines) is 1. The lowest BCUT2D eigenvalue weighted by Gasteiger charge is -2.32. The van der Waals surface area contributed by atoms with Gasteiger partial charge in [-0.2, -0.15) is 0 Å². The standard InChI is InChI=1S/C13H19NO4/c1-12(2,3)18-11(17)14-9-5-7-13(14,4)8-6-10(15)16/h5,7,9H2,1-4H3,(H,15,16). The molecule has 0 radical (unpaired) electrons. The van der Waals surface area contributed by atoms with Crippen LogP contribution < -0.4 is 0 Å². The first-order valence-corrected chi connectivity index (χ1v) is 5.91. The molecule has 0 spiro atoms. The number of rotatable bonds is 0. The molecule has 1 aliphatic rings. The Kier molecular flexibility index (Phi) is 3.90. The smallest absolute Gasteiger partial charge is 0.411 e. The third kappa shape index (κ3) is 3.66. The van der Waals surface area contributed by atoms with E-state index in [0.29, 0.717) is 13.0 Å². The summed E-state index contributed by atoms with van der Waals surface area (Å²) in [6, 6.07) is 0. The van der Waals surface area contributed by atoms with Crippen LogP contribution in [0.15, 0.2) is 0 Å². The van der Waals surface area contributed by atoms with Crippen molar-refractivity contribution >= 4 is 12.1 Å². The third-order valence-electron chi connectivity index (χ3n) is 2.69. The second kappa shape index (κ2) is 4.89. The first-order chi connectivity index (χ1) is 8.14. The summed E-state index contributed by atoms with van der Waals surface area (Å²) in [6.07, 6.45) is 1.01. The van der Waals surface area contributed by atoms with E-state index in [1.54, 1.807) is 27.7 Å². The van der Waals surface area contributed by atoms with Crippen molar-refractivity contribution < 1.29 is 19.4 Å². The van der Waals surface area contributed by atoms with Gasteiger partial charge in [-0.1, -0.05) is 5.92 Å². The van der Waals surface area contributed by atoms with E-state index in [2.05, 4.69) is 11.8 Å². The van der Waals surface area contributed by atoms with E-state index >= 15 is 0 Å². The van der Waals surface area contributed by atoms with Crippen molar-refractivity contribution in [3.8, 4) is 11.8 Å². The van der Waals surface area contributed by atoms with Crippen LogP contribution in [0.2, 0.25) is 0 Å². The Morgan fingerprint density at radius 2 is 2.00 bits per heavy atom. The molecule has 0 aromatic heterocycles. The highest BCUT2D eigenvalue weighted by atomic mass is 16.6. The molecule has 0 aromatic carbocycles. The Bertz CT molecular complexity index is 413. The number of nitrogens with zero attached hydrogens (tertiary/aromatic N) is 1. The quantitative estimate of drug-likeness (QED) is 0.669. The van der Waals surface area contributed by atoms with E-state index < -0.39 is 23.2 Å². The summed E-state index contributed by atoms with van der Waals surface area (Å²) in [6.45, 7) is 7.68. The Morgan fingerprint density at radius 1 is 1.39 bits per heavy atom. The molecule has 1 heterocycles. The molecule has 5 nitrogen and oxygen atoms in total. The second-order valence-electron chi connectivity index (χ2n) is 5.56. The van der Waals surface area contributed by atoms with Crippen LogP contribution in [0.1, 0.15) is 40.5 Å². The number of carbonyl (C=O) groups excluding carboxylic acids is 1. The topological polar surface area (TPSA) is 66.8 Å². The third-order valence-corrected chi connectivity index (χ3v) is 2.69. The normalized spacial score (nSPS) is 23.2. The van der Waals surface area contributed by atoms with Gasteiger partial charge in [0.1, 0.15) is 11.1 Å². The second-order valence-corrected chi connectivity index (χ2v) is 5.56. The summed E-state index contributed by atoms with van der Waals surface area (Å²) in [5.74, 6) is 3.55. The van der Waals surface area contributed by atoms with Gasteiger partial charge in [-0.3, -0.25) is 4.90 Å². The summed E-state index contributed by atoms with van der Waals surface area (Å²) >= 11 is 0. The van der Waals surface area contributed by atoms with Crippen LogP contribution in [0, 0.1) is 11.8 Å². The summed E-state index contributed by atoms with van der Waals surface area (Å²) in [5, 5.41) is 8.59. The fourth-order valence-electron chi connectivity index (χ4n) is 1.89. The number of aliphatic carboxylic acids is 1. The lowest BCUT2D eigenvalue weighted by Crippen LogP contribution is -2.46. The molecule has 0 saturated carbocycles. The molecule has 0 bridgehead atoms. The van der Waals surface area contributed by atoms with Gasteiger partial charge < -0.3 is 9.84 Å². The average molecular weight is 253 g/mol. The van der Waals surface area contributed by atoms with Crippen LogP contribution in [0.25, 0.3) is 0 Å². The van der Waals surface area contributed by atoms with E-state index in [0.717, 1.165) is 6.42 Å². The average Bonchev–Trinajstić information content (AvgIpc) is 2.55. The van der Waals surface area contributed by atoms with Gasteiger partial charge in [-0.15, -0.1) is 0 Å². The van der Waals surface area contributed by atoms with Crippen LogP contribution >= 0.6 is 0 Å². The molecule has 1 saturated heterocycles. The van der Waals surface area contributed by atoms with E-state index in [1.165, 1.54) is 4.90 Å². The van der Waals surface area contributed by atoms with Crippen LogP contribution in [0.5, 0.6) is 0 Å². The number of carboxylic acids is 1. The minimum absolute atomic E-state index is 0.442. The van der Waals surface area contributed by atoms with Gasteiger partial charge in [0.25, 0.3) is 0 Å². The maximum absolute atomic E-state index is 12.0. The lowest BCUT2D eigenvalue weighted by atomic mass is 10.00. The molecule has 1 amide bonds. The maximum Gasteiger partial charge on any atom is 0.411 e. The van der Waals surface area contributed by atoms with Crippen LogP contribution in [-0.4, -0.2) is 39.8 Å². The zero-order valence-corrected chi connectivity index (χ0v) is 11.2. The van der Waals surface area contributed by atoms with E-state index in [1.807, 2.05) is 0 Å². The molecule has 1 aliphatic heterocycles. The van der Waals surface area contributed by atoms with Gasteiger partial charge in [-0.25, -0.2) is 9.59 Å². The summed E-state index contributed by atoms with van der Waals surface area (Å²) in [7, 11) is 0. The molecular weight excluding hydrogens is 234 g/mol. The van der Waals surface area contributed by atoms with E-state index in [4.69, 9.17) is 9.84 Å². The number of amides is 1. The summed E-state index contributed by atoms with van der Waals surface area (Å²) < 4.78 is 5.30. The first kappa shape index (κ1) is 14.4. The highest BCUT2D eigenvalue weighted by Crippen LogP contribution is 2.29. The molecule has 0 aromatic rings. The SMILES string of the molecule is CC(C)(C)OC(=O)N1CCCC1(C)C#CC(=O)O. The highest BCUT2D eigenvalue weighted by Gasteiger charge is 2.40. The number of ether oxygens (including phenoxy) is 1. The maximum atomic E-state index is 12.0. The van der Waals surface area contributed by atoms with Crippen molar-refractivity contribution in [2.24, 2.45) is 0 Å². The van der Waals surface area contributed by atoms with E-state index in [-0.39, 0.29) is 0 Å². The number of carboxylic acid groups (broad SMARTS) is 1. The van der Waals surface area contributed by atoms with Crippen molar-refractivity contribution in [3.05, 3.63) is 0 Å². The zero-order chi connectivity index (χ0) is 14.0. The Labute approximate surface area is 107 Å². The van der Waals surface area contributed by atoms with Gasteiger partial charge in [0.15, 0.2) is 0 Å². The fraction of sp³-hybridized carbons (Fsp3) is 0.692. The zero-order valence-electron chi connectivity index (χ0n) is 11.2. The van der Waals surface area contributed by atoms with Crippen LogP contribution in [-0.2, 0) is 9.53 Å². The van der Waals surface area contributed by atoms with Crippen molar-refractivity contribution in [2.45, 2.75) is 51.7 Å². The van der Waals surface area contributed by atoms with Crippen molar-refractivity contribution in [3.63, 3.8) is 0 Å². The van der Waals surface area contributed by atoms with Crippen LogP contribution in [0.4, 0.5) is 4.79 Å². The molecule has 0 aliphatic carbocycles. The Balaban J connectivity index is 2.86.